The molecule has 0 spiro atoms. The molecule has 2 rings (SSSR count). The molecule has 1 N–H and O–H groups in total. The third-order valence-corrected chi connectivity index (χ3v) is 3.43. The second-order valence-corrected chi connectivity index (χ2v) is 5.64. The zero-order valence-electron chi connectivity index (χ0n) is 11.7. The molecular weight excluding hydrogens is 224 g/mol. The summed E-state index contributed by atoms with van der Waals surface area (Å²) < 4.78 is 0. The minimum atomic E-state index is 0.636. The molecule has 100 valence electrons. The van der Waals surface area contributed by atoms with Crippen LogP contribution in [0.1, 0.15) is 26.0 Å². The van der Waals surface area contributed by atoms with E-state index < -0.39 is 0 Å². The Balaban J connectivity index is 1.94. The van der Waals surface area contributed by atoms with Crippen LogP contribution in [-0.4, -0.2) is 36.9 Å². The summed E-state index contributed by atoms with van der Waals surface area (Å²) in [6.07, 6.45) is 2.26. The van der Waals surface area contributed by atoms with Gasteiger partial charge in [0.25, 0.3) is 0 Å². The minimum absolute atomic E-state index is 0.636. The van der Waals surface area contributed by atoms with Crippen molar-refractivity contribution in [1.29, 1.82) is 0 Å². The predicted molar refractivity (Wildman–Crippen MR) is 74.8 cm³/mol. The smallest absolute Gasteiger partial charge is 0.151 e. The Morgan fingerprint density at radius 2 is 2.22 bits per heavy atom. The van der Waals surface area contributed by atoms with Crippen LogP contribution in [0.4, 0.5) is 5.82 Å². The van der Waals surface area contributed by atoms with Gasteiger partial charge in [0.1, 0.15) is 0 Å². The van der Waals surface area contributed by atoms with Crippen molar-refractivity contribution in [3.63, 3.8) is 0 Å². The fraction of sp³-hybridized carbons (Fsp3) is 0.714. The van der Waals surface area contributed by atoms with Crippen LogP contribution in [0, 0.1) is 11.8 Å². The molecule has 0 bridgehead atoms. The van der Waals surface area contributed by atoms with E-state index in [-0.39, 0.29) is 0 Å². The summed E-state index contributed by atoms with van der Waals surface area (Å²) in [5.74, 6) is 2.41. The van der Waals surface area contributed by atoms with E-state index in [2.05, 4.69) is 46.4 Å². The highest BCUT2D eigenvalue weighted by Crippen LogP contribution is 2.21. The first-order valence-corrected chi connectivity index (χ1v) is 6.91. The predicted octanol–water partition coefficient (Wildman–Crippen LogP) is 1.72. The highest BCUT2D eigenvalue weighted by Gasteiger charge is 2.22. The molecule has 1 saturated heterocycles. The molecular formula is C14H24N4. The molecule has 1 aliphatic heterocycles. The number of hydrogen-bond acceptors (Lipinski definition) is 4. The molecule has 0 aliphatic carbocycles. The van der Waals surface area contributed by atoms with Crippen molar-refractivity contribution in [3.8, 4) is 0 Å². The molecule has 1 atom stereocenters. The minimum Gasteiger partial charge on any atom is -0.355 e. The first-order valence-electron chi connectivity index (χ1n) is 6.91. The monoisotopic (exact) mass is 248 g/mol. The Bertz CT molecular complexity index is 361. The fourth-order valence-corrected chi connectivity index (χ4v) is 2.54. The summed E-state index contributed by atoms with van der Waals surface area (Å²) in [5, 5.41) is 11.9. The van der Waals surface area contributed by atoms with Crippen LogP contribution >= 0.6 is 0 Å². The lowest BCUT2D eigenvalue weighted by Gasteiger charge is -2.17. The van der Waals surface area contributed by atoms with Gasteiger partial charge in [-0.2, -0.15) is 5.10 Å². The lowest BCUT2D eigenvalue weighted by atomic mass is 10.1. The molecule has 18 heavy (non-hydrogen) atoms. The summed E-state index contributed by atoms with van der Waals surface area (Å²) in [6.45, 7) is 7.70. The van der Waals surface area contributed by atoms with E-state index in [0.29, 0.717) is 5.92 Å². The Morgan fingerprint density at radius 1 is 1.39 bits per heavy atom. The maximum Gasteiger partial charge on any atom is 0.151 e. The molecule has 1 aliphatic rings. The van der Waals surface area contributed by atoms with Crippen LogP contribution in [0.3, 0.4) is 0 Å². The molecule has 4 nitrogen and oxygen atoms in total. The first-order chi connectivity index (χ1) is 8.69. The summed E-state index contributed by atoms with van der Waals surface area (Å²) >= 11 is 0. The van der Waals surface area contributed by atoms with Crippen molar-refractivity contribution in [1.82, 2.24) is 15.5 Å². The van der Waals surface area contributed by atoms with Crippen molar-refractivity contribution < 1.29 is 0 Å². The van der Waals surface area contributed by atoms with Crippen LogP contribution in [0.25, 0.3) is 0 Å². The summed E-state index contributed by atoms with van der Waals surface area (Å²) in [5.41, 5.74) is 1.10. The standard InChI is InChI=1S/C14H24N4/c1-11(2)8-13-4-5-14(17-16-13)18-7-6-12(10-18)9-15-3/h4-5,11-12,15H,6-10H2,1-3H3. The average Bonchev–Trinajstić information content (AvgIpc) is 2.78. The normalized spacial score (nSPS) is 19.8. The topological polar surface area (TPSA) is 41.0 Å². The van der Waals surface area contributed by atoms with Crippen molar-refractivity contribution in [3.05, 3.63) is 17.8 Å². The Labute approximate surface area is 110 Å². The van der Waals surface area contributed by atoms with Gasteiger partial charge in [-0.05, 0) is 50.4 Å². The van der Waals surface area contributed by atoms with Crippen LogP contribution in [-0.2, 0) is 6.42 Å². The number of anilines is 1. The van der Waals surface area contributed by atoms with E-state index in [1.165, 1.54) is 6.42 Å². The molecule has 4 heteroatoms. The van der Waals surface area contributed by atoms with Crippen LogP contribution in [0.5, 0.6) is 0 Å². The number of nitrogens with one attached hydrogen (secondary N) is 1. The lowest BCUT2D eigenvalue weighted by molar-refractivity contribution is 0.548. The Kier molecular flexibility index (Phi) is 4.53. The fourth-order valence-electron chi connectivity index (χ4n) is 2.54. The summed E-state index contributed by atoms with van der Waals surface area (Å²) in [4.78, 5) is 2.34. The van der Waals surface area contributed by atoms with Crippen LogP contribution in [0.15, 0.2) is 12.1 Å². The largest absolute Gasteiger partial charge is 0.355 e. The van der Waals surface area contributed by atoms with E-state index in [1.807, 2.05) is 7.05 Å². The van der Waals surface area contributed by atoms with Crippen molar-refractivity contribution in [2.24, 2.45) is 11.8 Å². The summed E-state index contributed by atoms with van der Waals surface area (Å²) in [6, 6.07) is 4.24. The van der Waals surface area contributed by atoms with Gasteiger partial charge in [0.2, 0.25) is 0 Å². The molecule has 0 amide bonds. The molecule has 0 aromatic carbocycles. The van der Waals surface area contributed by atoms with E-state index in [9.17, 15) is 0 Å². The van der Waals surface area contributed by atoms with E-state index in [0.717, 1.165) is 43.5 Å². The quantitative estimate of drug-likeness (QED) is 0.861. The van der Waals surface area contributed by atoms with E-state index in [1.54, 1.807) is 0 Å². The average molecular weight is 248 g/mol. The summed E-state index contributed by atoms with van der Waals surface area (Å²) in [7, 11) is 2.02. The molecule has 0 radical (unpaired) electrons. The molecule has 1 aromatic rings. The van der Waals surface area contributed by atoms with Crippen molar-refractivity contribution >= 4 is 5.82 Å². The van der Waals surface area contributed by atoms with Gasteiger partial charge >= 0.3 is 0 Å². The van der Waals surface area contributed by atoms with Gasteiger partial charge in [-0.1, -0.05) is 13.8 Å². The van der Waals surface area contributed by atoms with Crippen LogP contribution in [0.2, 0.25) is 0 Å². The van der Waals surface area contributed by atoms with Gasteiger partial charge < -0.3 is 10.2 Å². The van der Waals surface area contributed by atoms with E-state index >= 15 is 0 Å². The van der Waals surface area contributed by atoms with Gasteiger partial charge in [-0.3, -0.25) is 0 Å². The number of nitrogens with zero attached hydrogens (tertiary/aromatic N) is 3. The zero-order valence-corrected chi connectivity index (χ0v) is 11.7. The second kappa shape index (κ2) is 6.14. The van der Waals surface area contributed by atoms with Crippen molar-refractivity contribution in [2.75, 3.05) is 31.6 Å². The van der Waals surface area contributed by atoms with Gasteiger partial charge in [0.05, 0.1) is 5.69 Å². The number of aromatic nitrogens is 2. The third-order valence-electron chi connectivity index (χ3n) is 3.43. The van der Waals surface area contributed by atoms with Gasteiger partial charge in [-0.25, -0.2) is 0 Å². The molecule has 1 unspecified atom stereocenters. The maximum absolute atomic E-state index is 4.36. The van der Waals surface area contributed by atoms with Gasteiger partial charge in [0.15, 0.2) is 5.82 Å². The second-order valence-electron chi connectivity index (χ2n) is 5.64. The third kappa shape index (κ3) is 3.42. The van der Waals surface area contributed by atoms with Crippen LogP contribution < -0.4 is 10.2 Å². The zero-order chi connectivity index (χ0) is 13.0. The van der Waals surface area contributed by atoms with E-state index in [4.69, 9.17) is 0 Å². The highest BCUT2D eigenvalue weighted by atomic mass is 15.3. The first kappa shape index (κ1) is 13.3. The Hall–Kier alpha value is -1.16. The lowest BCUT2D eigenvalue weighted by Crippen LogP contribution is -2.25. The number of hydrogen-bond donors (Lipinski definition) is 1. The highest BCUT2D eigenvalue weighted by molar-refractivity contribution is 5.38. The van der Waals surface area contributed by atoms with Crippen molar-refractivity contribution in [2.45, 2.75) is 26.7 Å². The Morgan fingerprint density at radius 3 is 2.83 bits per heavy atom. The molecule has 0 saturated carbocycles. The molecule has 1 aromatic heterocycles. The maximum atomic E-state index is 4.36. The van der Waals surface area contributed by atoms with Gasteiger partial charge in [0, 0.05) is 13.1 Å². The molecule has 1 fully saturated rings. The number of rotatable bonds is 5. The SMILES string of the molecule is CNCC1CCN(c2ccc(CC(C)C)nn2)C1. The molecule has 2 heterocycles. The van der Waals surface area contributed by atoms with Gasteiger partial charge in [-0.15, -0.1) is 5.10 Å².